The Morgan fingerprint density at radius 3 is 0.770 bits per heavy atom. The number of rotatable bonds is 62. The molecule has 0 aliphatic carbocycles. The van der Waals surface area contributed by atoms with E-state index in [1.54, 1.807) is 0 Å². The summed E-state index contributed by atoms with van der Waals surface area (Å²) in [6.45, 7) is 11.5. The second kappa shape index (κ2) is 60.6. The lowest BCUT2D eigenvalue weighted by Crippen LogP contribution is -2.30. The van der Waals surface area contributed by atoms with Crippen molar-refractivity contribution in [3.8, 4) is 0 Å². The van der Waals surface area contributed by atoms with Gasteiger partial charge in [-0.1, -0.05) is 349 Å². The van der Waals surface area contributed by atoms with Gasteiger partial charge in [-0.25, -0.2) is 0 Å². The van der Waals surface area contributed by atoms with Crippen molar-refractivity contribution in [1.82, 2.24) is 0 Å². The molecule has 0 aliphatic rings. The van der Waals surface area contributed by atoms with Crippen LogP contribution in [0.2, 0.25) is 0 Å². The van der Waals surface area contributed by atoms with Crippen LogP contribution in [0.1, 0.15) is 388 Å². The summed E-state index contributed by atoms with van der Waals surface area (Å²) in [5.41, 5.74) is 0. The van der Waals surface area contributed by atoms with Crippen LogP contribution in [-0.4, -0.2) is 37.2 Å². The molecule has 440 valence electrons. The molecule has 0 bridgehead atoms. The molecule has 6 nitrogen and oxygen atoms in total. The van der Waals surface area contributed by atoms with Crippen molar-refractivity contribution in [3.63, 3.8) is 0 Å². The first-order valence-electron chi connectivity index (χ1n) is 33.8. The van der Waals surface area contributed by atoms with Crippen LogP contribution < -0.4 is 0 Å². The Morgan fingerprint density at radius 1 is 0.284 bits per heavy atom. The zero-order chi connectivity index (χ0) is 53.9. The van der Waals surface area contributed by atoms with E-state index in [1.165, 1.54) is 276 Å². The van der Waals surface area contributed by atoms with Gasteiger partial charge in [-0.3, -0.25) is 14.4 Å². The lowest BCUT2D eigenvalue weighted by molar-refractivity contribution is -0.167. The van der Waals surface area contributed by atoms with Crippen molar-refractivity contribution >= 4 is 17.9 Å². The number of ether oxygens (including phenoxy) is 3. The number of unbranched alkanes of at least 4 members (excludes halogenated alkanes) is 46. The number of carbonyl (C=O) groups excluding carboxylic acids is 3. The monoisotopic (exact) mass is 1050 g/mol. The van der Waals surface area contributed by atoms with Crippen LogP contribution in [0.25, 0.3) is 0 Å². The maximum atomic E-state index is 12.9. The maximum Gasteiger partial charge on any atom is 0.306 e. The zero-order valence-corrected chi connectivity index (χ0v) is 51.0. The zero-order valence-electron chi connectivity index (χ0n) is 51.0. The summed E-state index contributed by atoms with van der Waals surface area (Å²) in [6.07, 6.45) is 68.2. The molecule has 0 aromatic heterocycles. The molecule has 0 aromatic rings. The lowest BCUT2D eigenvalue weighted by atomic mass is 9.99. The molecule has 0 saturated carbocycles. The quantitative estimate of drug-likeness (QED) is 0.0343. The van der Waals surface area contributed by atoms with Gasteiger partial charge < -0.3 is 14.2 Å². The van der Waals surface area contributed by atoms with Gasteiger partial charge in [-0.15, -0.1) is 0 Å². The molecule has 0 fully saturated rings. The SMILES string of the molecule is CCCCCCCCCCCCCCCCCCCCCC(=O)OC[C@@H](COC(=O)CCCCCCCCCCCCCCCCCCC(C)C)OC(=O)CCCCCCCCCCCCCCCCC(C)CC. The number of hydrogen-bond donors (Lipinski definition) is 0. The molecule has 2 atom stereocenters. The molecule has 0 heterocycles. The molecule has 0 aromatic carbocycles. The van der Waals surface area contributed by atoms with E-state index in [2.05, 4.69) is 34.6 Å². The molecule has 0 rings (SSSR count). The van der Waals surface area contributed by atoms with Crippen LogP contribution in [0.4, 0.5) is 0 Å². The molecule has 0 amide bonds. The van der Waals surface area contributed by atoms with Crippen molar-refractivity contribution < 1.29 is 28.6 Å². The third-order valence-electron chi connectivity index (χ3n) is 16.1. The van der Waals surface area contributed by atoms with Crippen molar-refractivity contribution in [2.45, 2.75) is 394 Å². The van der Waals surface area contributed by atoms with Gasteiger partial charge in [0.1, 0.15) is 13.2 Å². The van der Waals surface area contributed by atoms with Gasteiger partial charge in [0.2, 0.25) is 0 Å². The average Bonchev–Trinajstić information content (AvgIpc) is 3.39. The van der Waals surface area contributed by atoms with Gasteiger partial charge in [0.05, 0.1) is 0 Å². The standard InChI is InChI=1S/C68H132O6/c1-6-8-9-10-11-12-13-14-15-16-17-18-22-28-33-38-43-48-53-58-66(69)72-61-65(74-68(71)60-55-50-45-40-35-30-25-24-27-32-37-42-47-52-57-64(5)7-2)62-73-67(70)59-54-49-44-39-34-29-23-20-19-21-26-31-36-41-46-51-56-63(3)4/h63-65H,6-62H2,1-5H3/t64?,65-/m0/s1. The van der Waals surface area contributed by atoms with E-state index in [4.69, 9.17) is 14.2 Å². The number of esters is 3. The molecule has 0 saturated heterocycles. The van der Waals surface area contributed by atoms with Crippen LogP contribution in [0.5, 0.6) is 0 Å². The van der Waals surface area contributed by atoms with Crippen LogP contribution in [-0.2, 0) is 28.6 Å². The van der Waals surface area contributed by atoms with Crippen molar-refractivity contribution in [3.05, 3.63) is 0 Å². The molecular weight excluding hydrogens is 913 g/mol. The summed E-state index contributed by atoms with van der Waals surface area (Å²) in [7, 11) is 0. The van der Waals surface area contributed by atoms with E-state index in [1.807, 2.05) is 0 Å². The van der Waals surface area contributed by atoms with E-state index < -0.39 is 6.10 Å². The Bertz CT molecular complexity index is 1140. The largest absolute Gasteiger partial charge is 0.462 e. The summed E-state index contributed by atoms with van der Waals surface area (Å²) in [6, 6.07) is 0. The molecule has 1 unspecified atom stereocenters. The van der Waals surface area contributed by atoms with Crippen LogP contribution in [0, 0.1) is 11.8 Å². The first kappa shape index (κ1) is 72.4. The van der Waals surface area contributed by atoms with Crippen LogP contribution >= 0.6 is 0 Å². The van der Waals surface area contributed by atoms with Gasteiger partial charge in [-0.05, 0) is 31.1 Å². The molecule has 6 heteroatoms. The maximum absolute atomic E-state index is 12.9. The van der Waals surface area contributed by atoms with E-state index in [-0.39, 0.29) is 31.1 Å². The summed E-state index contributed by atoms with van der Waals surface area (Å²) >= 11 is 0. The number of hydrogen-bond acceptors (Lipinski definition) is 6. The minimum Gasteiger partial charge on any atom is -0.462 e. The van der Waals surface area contributed by atoms with Gasteiger partial charge in [0.25, 0.3) is 0 Å². The average molecular weight is 1050 g/mol. The van der Waals surface area contributed by atoms with E-state index in [0.29, 0.717) is 19.3 Å². The van der Waals surface area contributed by atoms with Gasteiger partial charge in [0, 0.05) is 19.3 Å². The lowest BCUT2D eigenvalue weighted by Gasteiger charge is -2.18. The van der Waals surface area contributed by atoms with E-state index in [0.717, 1.165) is 69.6 Å². The number of carbonyl (C=O) groups is 3. The summed E-state index contributed by atoms with van der Waals surface area (Å²) in [5.74, 6) is 0.920. The Hall–Kier alpha value is -1.59. The van der Waals surface area contributed by atoms with E-state index in [9.17, 15) is 14.4 Å². The second-order valence-electron chi connectivity index (χ2n) is 24.2. The van der Waals surface area contributed by atoms with Gasteiger partial charge in [-0.2, -0.15) is 0 Å². The summed E-state index contributed by atoms with van der Waals surface area (Å²) < 4.78 is 17.0. The Balaban J connectivity index is 4.29. The smallest absolute Gasteiger partial charge is 0.306 e. The Labute approximate surface area is 463 Å². The van der Waals surface area contributed by atoms with E-state index >= 15 is 0 Å². The molecule has 0 radical (unpaired) electrons. The van der Waals surface area contributed by atoms with Crippen LogP contribution in [0.15, 0.2) is 0 Å². The molecule has 0 N–H and O–H groups in total. The highest BCUT2D eigenvalue weighted by Gasteiger charge is 2.20. The normalized spacial score (nSPS) is 12.4. The van der Waals surface area contributed by atoms with Crippen molar-refractivity contribution in [1.29, 1.82) is 0 Å². The Kier molecular flexibility index (Phi) is 59.3. The molecule has 0 aliphatic heterocycles. The fourth-order valence-electron chi connectivity index (χ4n) is 10.6. The van der Waals surface area contributed by atoms with Crippen LogP contribution in [0.3, 0.4) is 0 Å². The van der Waals surface area contributed by atoms with Crippen molar-refractivity contribution in [2.75, 3.05) is 13.2 Å². The minimum absolute atomic E-state index is 0.0615. The third kappa shape index (κ3) is 59.7. The van der Waals surface area contributed by atoms with Gasteiger partial charge in [0.15, 0.2) is 6.10 Å². The topological polar surface area (TPSA) is 78.9 Å². The minimum atomic E-state index is -0.764. The molecule has 74 heavy (non-hydrogen) atoms. The summed E-state index contributed by atoms with van der Waals surface area (Å²) in [4.78, 5) is 38.4. The Morgan fingerprint density at radius 2 is 0.514 bits per heavy atom. The third-order valence-corrected chi connectivity index (χ3v) is 16.1. The fourth-order valence-corrected chi connectivity index (χ4v) is 10.6. The predicted octanol–water partition coefficient (Wildman–Crippen LogP) is 22.8. The summed E-state index contributed by atoms with van der Waals surface area (Å²) in [5, 5.41) is 0. The molecular formula is C68H132O6. The first-order valence-corrected chi connectivity index (χ1v) is 33.8. The fraction of sp³-hybridized carbons (Fsp3) is 0.956. The van der Waals surface area contributed by atoms with Gasteiger partial charge >= 0.3 is 17.9 Å². The van der Waals surface area contributed by atoms with Crippen molar-refractivity contribution in [2.24, 2.45) is 11.8 Å². The highest BCUT2D eigenvalue weighted by atomic mass is 16.6. The first-order chi connectivity index (χ1) is 36.3. The highest BCUT2D eigenvalue weighted by molar-refractivity contribution is 5.71. The highest BCUT2D eigenvalue weighted by Crippen LogP contribution is 2.20. The predicted molar refractivity (Wildman–Crippen MR) is 321 cm³/mol. The second-order valence-corrected chi connectivity index (χ2v) is 24.2. The molecule has 0 spiro atoms.